The van der Waals surface area contributed by atoms with E-state index in [1.54, 1.807) is 10.9 Å². The van der Waals surface area contributed by atoms with E-state index >= 15 is 0 Å². The van der Waals surface area contributed by atoms with Crippen LogP contribution in [0.1, 0.15) is 5.56 Å². The van der Waals surface area contributed by atoms with Gasteiger partial charge in [0.15, 0.2) is 0 Å². The maximum absolute atomic E-state index is 11.5. The largest absolute Gasteiger partial charge is 0.445 e. The van der Waals surface area contributed by atoms with Gasteiger partial charge in [-0.2, -0.15) is 5.10 Å². The van der Waals surface area contributed by atoms with Crippen LogP contribution in [0, 0.1) is 0 Å². The molecule has 0 atom stereocenters. The minimum atomic E-state index is -0.415. The number of nitrogens with one attached hydrogen (secondary N) is 2. The molecule has 1 amide bonds. The molecule has 0 unspecified atom stereocenters. The van der Waals surface area contributed by atoms with Gasteiger partial charge < -0.3 is 15.4 Å². The molecule has 6 nitrogen and oxygen atoms in total. The third-order valence-electron chi connectivity index (χ3n) is 2.64. The molecule has 0 bridgehead atoms. The highest BCUT2D eigenvalue weighted by Crippen LogP contribution is 2.02. The van der Waals surface area contributed by atoms with Crippen molar-refractivity contribution in [3.8, 4) is 0 Å². The Kier molecular flexibility index (Phi) is 5.00. The smallest absolute Gasteiger partial charge is 0.407 e. The quantitative estimate of drug-likeness (QED) is 0.788. The zero-order chi connectivity index (χ0) is 14.2. The number of nitrogens with zero attached hydrogens (tertiary/aromatic N) is 2. The van der Waals surface area contributed by atoms with E-state index in [2.05, 4.69) is 15.7 Å². The van der Waals surface area contributed by atoms with Crippen molar-refractivity contribution in [2.45, 2.75) is 6.61 Å². The molecule has 0 fully saturated rings. The summed E-state index contributed by atoms with van der Waals surface area (Å²) < 4.78 is 6.80. The molecule has 6 heteroatoms. The number of amides is 1. The molecule has 1 aromatic heterocycles. The van der Waals surface area contributed by atoms with Crippen molar-refractivity contribution < 1.29 is 9.53 Å². The Morgan fingerprint density at radius 1 is 1.30 bits per heavy atom. The second-order valence-corrected chi connectivity index (χ2v) is 4.32. The van der Waals surface area contributed by atoms with E-state index in [1.807, 2.05) is 43.6 Å². The molecule has 0 saturated heterocycles. The van der Waals surface area contributed by atoms with Crippen molar-refractivity contribution in [1.82, 2.24) is 15.1 Å². The first-order valence-corrected chi connectivity index (χ1v) is 6.41. The monoisotopic (exact) mass is 274 g/mol. The average Bonchev–Trinajstić information content (AvgIpc) is 2.88. The van der Waals surface area contributed by atoms with E-state index in [4.69, 9.17) is 4.74 Å². The summed E-state index contributed by atoms with van der Waals surface area (Å²) in [6.07, 6.45) is 3.18. The van der Waals surface area contributed by atoms with E-state index in [1.165, 1.54) is 0 Å². The molecule has 2 aromatic rings. The third-order valence-corrected chi connectivity index (χ3v) is 2.64. The summed E-state index contributed by atoms with van der Waals surface area (Å²) in [5.74, 6) is 0. The Morgan fingerprint density at radius 3 is 2.80 bits per heavy atom. The van der Waals surface area contributed by atoms with Gasteiger partial charge in [0, 0.05) is 26.3 Å². The maximum atomic E-state index is 11.5. The molecule has 1 aromatic carbocycles. The number of aryl methyl sites for hydroxylation is 1. The molecule has 0 aliphatic heterocycles. The summed E-state index contributed by atoms with van der Waals surface area (Å²) in [6, 6.07) is 9.57. The number of anilines is 1. The fraction of sp³-hybridized carbons (Fsp3) is 0.286. The SMILES string of the molecule is Cn1cc(NCCNC(=O)OCc2ccccc2)cn1. The van der Waals surface area contributed by atoms with Gasteiger partial charge in [-0.25, -0.2) is 4.79 Å². The van der Waals surface area contributed by atoms with Crippen LogP contribution in [-0.2, 0) is 18.4 Å². The lowest BCUT2D eigenvalue weighted by molar-refractivity contribution is 0.140. The molecule has 0 aliphatic carbocycles. The summed E-state index contributed by atoms with van der Waals surface area (Å²) >= 11 is 0. The highest BCUT2D eigenvalue weighted by atomic mass is 16.5. The Bertz CT molecular complexity index is 539. The van der Waals surface area contributed by atoms with Crippen LogP contribution in [0.2, 0.25) is 0 Å². The number of alkyl carbamates (subject to hydrolysis) is 1. The minimum absolute atomic E-state index is 0.280. The standard InChI is InChI=1S/C14H18N4O2/c1-18-10-13(9-17-18)15-7-8-16-14(19)20-11-12-5-3-2-4-6-12/h2-6,9-10,15H,7-8,11H2,1H3,(H,16,19). The summed E-state index contributed by atoms with van der Waals surface area (Å²) in [5, 5.41) is 9.86. The van der Waals surface area contributed by atoms with Gasteiger partial charge in [-0.3, -0.25) is 4.68 Å². The number of rotatable bonds is 6. The molecular weight excluding hydrogens is 256 g/mol. The van der Waals surface area contributed by atoms with Crippen molar-refractivity contribution in [3.05, 3.63) is 48.3 Å². The first-order chi connectivity index (χ1) is 9.74. The van der Waals surface area contributed by atoms with Crippen molar-refractivity contribution in [1.29, 1.82) is 0 Å². The van der Waals surface area contributed by atoms with Crippen molar-refractivity contribution in [2.24, 2.45) is 7.05 Å². The normalized spacial score (nSPS) is 10.1. The lowest BCUT2D eigenvalue weighted by atomic mass is 10.2. The van der Waals surface area contributed by atoms with Gasteiger partial charge in [0.25, 0.3) is 0 Å². The minimum Gasteiger partial charge on any atom is -0.445 e. The van der Waals surface area contributed by atoms with E-state index in [0.717, 1.165) is 11.3 Å². The number of carbonyl (C=O) groups is 1. The van der Waals surface area contributed by atoms with Crippen LogP contribution in [0.5, 0.6) is 0 Å². The first kappa shape index (κ1) is 13.9. The highest BCUT2D eigenvalue weighted by Gasteiger charge is 2.01. The third kappa shape index (κ3) is 4.64. The van der Waals surface area contributed by atoms with E-state index < -0.39 is 6.09 Å². The molecule has 106 valence electrons. The van der Waals surface area contributed by atoms with Crippen LogP contribution in [0.4, 0.5) is 10.5 Å². The van der Waals surface area contributed by atoms with Gasteiger partial charge in [0.1, 0.15) is 6.61 Å². The molecule has 0 radical (unpaired) electrons. The van der Waals surface area contributed by atoms with Gasteiger partial charge in [-0.1, -0.05) is 30.3 Å². The first-order valence-electron chi connectivity index (χ1n) is 6.41. The van der Waals surface area contributed by atoms with Gasteiger partial charge in [-0.05, 0) is 5.56 Å². The van der Waals surface area contributed by atoms with Gasteiger partial charge in [0.05, 0.1) is 11.9 Å². The van der Waals surface area contributed by atoms with Crippen LogP contribution in [-0.4, -0.2) is 29.0 Å². The Balaban J connectivity index is 1.58. The second kappa shape index (κ2) is 7.18. The lowest BCUT2D eigenvalue weighted by Crippen LogP contribution is -2.29. The number of benzene rings is 1. The Morgan fingerprint density at radius 2 is 2.10 bits per heavy atom. The second-order valence-electron chi connectivity index (χ2n) is 4.32. The number of ether oxygens (including phenoxy) is 1. The van der Waals surface area contributed by atoms with Crippen molar-refractivity contribution in [2.75, 3.05) is 18.4 Å². The van der Waals surface area contributed by atoms with Crippen LogP contribution >= 0.6 is 0 Å². The molecule has 0 aliphatic rings. The number of aromatic nitrogens is 2. The van der Waals surface area contributed by atoms with Crippen LogP contribution in [0.15, 0.2) is 42.7 Å². The highest BCUT2D eigenvalue weighted by molar-refractivity contribution is 5.67. The molecule has 20 heavy (non-hydrogen) atoms. The zero-order valence-corrected chi connectivity index (χ0v) is 11.4. The van der Waals surface area contributed by atoms with Gasteiger partial charge >= 0.3 is 6.09 Å². The van der Waals surface area contributed by atoms with E-state index in [0.29, 0.717) is 13.1 Å². The molecular formula is C14H18N4O2. The number of hydrogen-bond donors (Lipinski definition) is 2. The maximum Gasteiger partial charge on any atom is 0.407 e. The van der Waals surface area contributed by atoms with Crippen LogP contribution in [0.3, 0.4) is 0 Å². The topological polar surface area (TPSA) is 68.2 Å². The zero-order valence-electron chi connectivity index (χ0n) is 11.4. The van der Waals surface area contributed by atoms with Gasteiger partial charge in [-0.15, -0.1) is 0 Å². The van der Waals surface area contributed by atoms with Crippen molar-refractivity contribution >= 4 is 11.8 Å². The summed E-state index contributed by atoms with van der Waals surface area (Å²) in [4.78, 5) is 11.5. The molecule has 2 rings (SSSR count). The summed E-state index contributed by atoms with van der Waals surface area (Å²) in [7, 11) is 1.85. The van der Waals surface area contributed by atoms with Crippen LogP contribution in [0.25, 0.3) is 0 Å². The Hall–Kier alpha value is -2.50. The average molecular weight is 274 g/mol. The Labute approximate surface area is 117 Å². The van der Waals surface area contributed by atoms with Crippen LogP contribution < -0.4 is 10.6 Å². The van der Waals surface area contributed by atoms with Gasteiger partial charge in [0.2, 0.25) is 0 Å². The number of carbonyl (C=O) groups excluding carboxylic acids is 1. The van der Waals surface area contributed by atoms with E-state index in [-0.39, 0.29) is 6.61 Å². The lowest BCUT2D eigenvalue weighted by Gasteiger charge is -2.07. The molecule has 2 N–H and O–H groups in total. The van der Waals surface area contributed by atoms with Crippen molar-refractivity contribution in [3.63, 3.8) is 0 Å². The summed E-state index contributed by atoms with van der Waals surface area (Å²) in [6.45, 7) is 1.39. The molecule has 0 spiro atoms. The predicted octanol–water partition coefficient (Wildman–Crippen LogP) is 1.76. The number of hydrogen-bond acceptors (Lipinski definition) is 4. The fourth-order valence-electron chi connectivity index (χ4n) is 1.66. The molecule has 1 heterocycles. The summed E-state index contributed by atoms with van der Waals surface area (Å²) in [5.41, 5.74) is 1.89. The van der Waals surface area contributed by atoms with E-state index in [9.17, 15) is 4.79 Å². The molecule has 0 saturated carbocycles. The predicted molar refractivity (Wildman–Crippen MR) is 76.3 cm³/mol. The fourth-order valence-corrected chi connectivity index (χ4v) is 1.66.